The maximum absolute atomic E-state index is 12.3. The average Bonchev–Trinajstić information content (AvgIpc) is 2.56. The number of carbonyl (C=O) groups excluding carboxylic acids is 2. The summed E-state index contributed by atoms with van der Waals surface area (Å²) in [5.74, 6) is 0.377. The zero-order valence-corrected chi connectivity index (χ0v) is 17.4. The lowest BCUT2D eigenvalue weighted by molar-refractivity contribution is -0.121. The summed E-state index contributed by atoms with van der Waals surface area (Å²) in [5.41, 5.74) is 0.425. The van der Waals surface area contributed by atoms with Gasteiger partial charge in [0.05, 0.1) is 0 Å². The van der Waals surface area contributed by atoms with Crippen LogP contribution in [0.5, 0.6) is 0 Å². The van der Waals surface area contributed by atoms with E-state index in [1.54, 1.807) is 4.90 Å². The Hall–Kier alpha value is -1.43. The SMILES string of the molecule is CSC1(C)C=CC(NC(=O)CC2CCN(C(=O)OC(C)(C)C)CC2)=CC1. The van der Waals surface area contributed by atoms with Crippen molar-refractivity contribution in [2.24, 2.45) is 5.92 Å². The van der Waals surface area contributed by atoms with E-state index in [-0.39, 0.29) is 16.7 Å². The number of piperidine rings is 1. The van der Waals surface area contributed by atoms with Crippen molar-refractivity contribution >= 4 is 23.8 Å². The fraction of sp³-hybridized carbons (Fsp3) is 0.700. The standard InChI is InChI=1S/C20H32N2O3S/c1-19(2,3)25-18(24)22-12-8-15(9-13-22)14-17(23)21-16-6-10-20(4,26-5)11-7-16/h6-7,10,15H,8-9,11-14H2,1-5H3,(H,21,23). The predicted octanol–water partition coefficient (Wildman–Crippen LogP) is 4.11. The Bertz CT molecular complexity index is 586. The number of nitrogens with one attached hydrogen (secondary N) is 1. The highest BCUT2D eigenvalue weighted by Gasteiger charge is 2.28. The zero-order chi connectivity index (χ0) is 19.4. The van der Waals surface area contributed by atoms with Gasteiger partial charge >= 0.3 is 6.09 Å². The number of amides is 2. The summed E-state index contributed by atoms with van der Waals surface area (Å²) in [4.78, 5) is 26.2. The summed E-state index contributed by atoms with van der Waals surface area (Å²) in [7, 11) is 0. The summed E-state index contributed by atoms with van der Waals surface area (Å²) in [6.07, 6.45) is 11.2. The third kappa shape index (κ3) is 6.38. The number of hydrogen-bond donors (Lipinski definition) is 1. The second-order valence-electron chi connectivity index (χ2n) is 8.38. The van der Waals surface area contributed by atoms with Crippen LogP contribution in [0.25, 0.3) is 0 Å². The molecule has 1 aliphatic carbocycles. The number of thioether (sulfide) groups is 1. The van der Waals surface area contributed by atoms with Crippen LogP contribution in [0.1, 0.15) is 53.4 Å². The number of nitrogens with zero attached hydrogens (tertiary/aromatic N) is 1. The van der Waals surface area contributed by atoms with E-state index in [2.05, 4.69) is 30.6 Å². The van der Waals surface area contributed by atoms with E-state index in [1.165, 1.54) is 0 Å². The van der Waals surface area contributed by atoms with Gasteiger partial charge in [0.1, 0.15) is 5.60 Å². The number of ether oxygens (including phenoxy) is 1. The third-order valence-corrected chi connectivity index (χ3v) is 6.07. The Morgan fingerprint density at radius 2 is 2.00 bits per heavy atom. The molecule has 1 heterocycles. The lowest BCUT2D eigenvalue weighted by Crippen LogP contribution is -2.42. The Labute approximate surface area is 161 Å². The Morgan fingerprint density at radius 1 is 1.35 bits per heavy atom. The van der Waals surface area contributed by atoms with E-state index >= 15 is 0 Å². The van der Waals surface area contributed by atoms with Crippen LogP contribution in [0.3, 0.4) is 0 Å². The molecule has 0 aromatic heterocycles. The van der Waals surface area contributed by atoms with Crippen molar-refractivity contribution in [2.45, 2.75) is 63.7 Å². The van der Waals surface area contributed by atoms with Crippen LogP contribution in [0.15, 0.2) is 23.9 Å². The zero-order valence-electron chi connectivity index (χ0n) is 16.6. The molecule has 0 aromatic rings. The first kappa shape index (κ1) is 20.9. The molecule has 1 aliphatic heterocycles. The minimum absolute atomic E-state index is 0.0596. The quantitative estimate of drug-likeness (QED) is 0.797. The molecule has 0 aromatic carbocycles. The number of hydrogen-bond acceptors (Lipinski definition) is 4. The molecule has 0 bridgehead atoms. The van der Waals surface area contributed by atoms with Crippen LogP contribution in [0, 0.1) is 5.92 Å². The second kappa shape index (κ2) is 8.51. The molecule has 5 nitrogen and oxygen atoms in total. The van der Waals surface area contributed by atoms with Crippen LogP contribution in [0.2, 0.25) is 0 Å². The minimum atomic E-state index is -0.471. The Balaban J connectivity index is 1.73. The summed E-state index contributed by atoms with van der Waals surface area (Å²) >= 11 is 1.82. The van der Waals surface area contributed by atoms with Gasteiger partial charge < -0.3 is 15.0 Å². The number of likely N-dealkylation sites (tertiary alicyclic amines) is 1. The molecule has 2 aliphatic rings. The molecule has 1 unspecified atom stereocenters. The molecule has 1 saturated heterocycles. The van der Waals surface area contributed by atoms with Crippen molar-refractivity contribution in [2.75, 3.05) is 19.3 Å². The van der Waals surface area contributed by atoms with Crippen LogP contribution in [-0.2, 0) is 9.53 Å². The summed E-state index contributed by atoms with van der Waals surface area (Å²) in [6, 6.07) is 0. The van der Waals surface area contributed by atoms with Crippen molar-refractivity contribution in [3.63, 3.8) is 0 Å². The predicted molar refractivity (Wildman–Crippen MR) is 107 cm³/mol. The lowest BCUT2D eigenvalue weighted by Gasteiger charge is -2.33. The van der Waals surface area contributed by atoms with Gasteiger partial charge in [-0.05, 0) is 65.2 Å². The van der Waals surface area contributed by atoms with Gasteiger partial charge in [-0.15, -0.1) is 0 Å². The molecule has 6 heteroatoms. The number of allylic oxidation sites excluding steroid dienone is 2. The van der Waals surface area contributed by atoms with Crippen LogP contribution < -0.4 is 5.32 Å². The van der Waals surface area contributed by atoms with Gasteiger partial charge in [0.25, 0.3) is 0 Å². The van der Waals surface area contributed by atoms with E-state index in [1.807, 2.05) is 38.6 Å². The lowest BCUT2D eigenvalue weighted by atomic mass is 9.93. The van der Waals surface area contributed by atoms with E-state index in [4.69, 9.17) is 4.74 Å². The molecule has 0 spiro atoms. The molecule has 146 valence electrons. The summed E-state index contributed by atoms with van der Waals surface area (Å²) in [5, 5.41) is 3.01. The van der Waals surface area contributed by atoms with E-state index in [0.717, 1.165) is 25.0 Å². The van der Waals surface area contributed by atoms with E-state index < -0.39 is 5.60 Å². The number of carbonyl (C=O) groups is 2. The highest BCUT2D eigenvalue weighted by Crippen LogP contribution is 2.32. The molecule has 0 radical (unpaired) electrons. The fourth-order valence-electron chi connectivity index (χ4n) is 3.08. The van der Waals surface area contributed by atoms with Gasteiger partial charge in [-0.25, -0.2) is 4.79 Å². The minimum Gasteiger partial charge on any atom is -0.444 e. The molecule has 1 fully saturated rings. The molecule has 1 atom stereocenters. The largest absolute Gasteiger partial charge is 0.444 e. The fourth-order valence-corrected chi connectivity index (χ4v) is 3.53. The molecule has 0 saturated carbocycles. The van der Waals surface area contributed by atoms with Crippen molar-refractivity contribution in [3.05, 3.63) is 23.9 Å². The topological polar surface area (TPSA) is 58.6 Å². The monoisotopic (exact) mass is 380 g/mol. The molecule has 1 N–H and O–H groups in total. The molecule has 2 amide bonds. The van der Waals surface area contributed by atoms with Crippen LogP contribution in [0.4, 0.5) is 4.79 Å². The van der Waals surface area contributed by atoms with E-state index in [9.17, 15) is 9.59 Å². The van der Waals surface area contributed by atoms with Gasteiger partial charge in [0, 0.05) is 30.0 Å². The van der Waals surface area contributed by atoms with Crippen molar-refractivity contribution < 1.29 is 14.3 Å². The summed E-state index contributed by atoms with van der Waals surface area (Å²) < 4.78 is 5.54. The third-order valence-electron chi connectivity index (χ3n) is 4.83. The molecule has 2 rings (SSSR count). The van der Waals surface area contributed by atoms with Gasteiger partial charge in [0.15, 0.2) is 0 Å². The van der Waals surface area contributed by atoms with Crippen molar-refractivity contribution in [3.8, 4) is 0 Å². The highest BCUT2D eigenvalue weighted by molar-refractivity contribution is 8.00. The second-order valence-corrected chi connectivity index (χ2v) is 9.72. The summed E-state index contributed by atoms with van der Waals surface area (Å²) in [6.45, 7) is 9.12. The maximum Gasteiger partial charge on any atom is 0.410 e. The Morgan fingerprint density at radius 3 is 2.50 bits per heavy atom. The van der Waals surface area contributed by atoms with Gasteiger partial charge in [-0.1, -0.05) is 12.2 Å². The van der Waals surface area contributed by atoms with Gasteiger partial charge in [0.2, 0.25) is 5.91 Å². The van der Waals surface area contributed by atoms with Crippen molar-refractivity contribution in [1.29, 1.82) is 0 Å². The van der Waals surface area contributed by atoms with Crippen LogP contribution >= 0.6 is 11.8 Å². The maximum atomic E-state index is 12.3. The molecule has 26 heavy (non-hydrogen) atoms. The molecular weight excluding hydrogens is 348 g/mol. The first-order chi connectivity index (χ1) is 12.1. The van der Waals surface area contributed by atoms with Crippen molar-refractivity contribution in [1.82, 2.24) is 10.2 Å². The smallest absolute Gasteiger partial charge is 0.410 e. The molecular formula is C20H32N2O3S. The van der Waals surface area contributed by atoms with E-state index in [0.29, 0.717) is 25.4 Å². The number of rotatable bonds is 4. The normalized spacial score (nSPS) is 24.2. The first-order valence-electron chi connectivity index (χ1n) is 9.32. The van der Waals surface area contributed by atoms with Gasteiger partial charge in [-0.3, -0.25) is 4.79 Å². The van der Waals surface area contributed by atoms with Crippen LogP contribution in [-0.4, -0.2) is 46.6 Å². The van der Waals surface area contributed by atoms with Gasteiger partial charge in [-0.2, -0.15) is 11.8 Å². The highest BCUT2D eigenvalue weighted by atomic mass is 32.2. The average molecular weight is 381 g/mol. The Kier molecular flexibility index (Phi) is 6.83. The first-order valence-corrected chi connectivity index (χ1v) is 10.5.